The van der Waals surface area contributed by atoms with Crippen molar-refractivity contribution in [2.75, 3.05) is 23.3 Å². The molecular weight excluding hydrogens is 308 g/mol. The van der Waals surface area contributed by atoms with Gasteiger partial charge in [0.1, 0.15) is 5.82 Å². The van der Waals surface area contributed by atoms with Crippen molar-refractivity contribution in [3.05, 3.63) is 22.3 Å². The molecule has 0 N–H and O–H groups in total. The SMILES string of the molecule is CCN(CCBr)c1ccc(Br)c(C)n1. The summed E-state index contributed by atoms with van der Waals surface area (Å²) in [7, 11) is 0. The van der Waals surface area contributed by atoms with Gasteiger partial charge in [0.2, 0.25) is 0 Å². The van der Waals surface area contributed by atoms with Gasteiger partial charge < -0.3 is 4.90 Å². The van der Waals surface area contributed by atoms with Gasteiger partial charge in [0.15, 0.2) is 0 Å². The molecule has 4 heteroatoms. The fourth-order valence-electron chi connectivity index (χ4n) is 1.24. The van der Waals surface area contributed by atoms with E-state index in [-0.39, 0.29) is 0 Å². The first kappa shape index (κ1) is 12.0. The summed E-state index contributed by atoms with van der Waals surface area (Å²) in [6, 6.07) is 4.10. The van der Waals surface area contributed by atoms with Crippen LogP contribution in [0.3, 0.4) is 0 Å². The quantitative estimate of drug-likeness (QED) is 0.790. The van der Waals surface area contributed by atoms with E-state index in [0.717, 1.165) is 34.4 Å². The first-order valence-electron chi connectivity index (χ1n) is 4.63. The second-order valence-corrected chi connectivity index (χ2v) is 4.65. The van der Waals surface area contributed by atoms with E-state index in [0.29, 0.717) is 0 Å². The van der Waals surface area contributed by atoms with Crippen LogP contribution in [0.25, 0.3) is 0 Å². The molecule has 0 aliphatic carbocycles. The number of rotatable bonds is 4. The van der Waals surface area contributed by atoms with E-state index >= 15 is 0 Å². The van der Waals surface area contributed by atoms with Gasteiger partial charge in [0.25, 0.3) is 0 Å². The number of aromatic nitrogens is 1. The minimum atomic E-state index is 0.970. The normalized spacial score (nSPS) is 10.3. The second-order valence-electron chi connectivity index (χ2n) is 3.01. The van der Waals surface area contributed by atoms with E-state index in [1.807, 2.05) is 13.0 Å². The molecule has 1 aromatic rings. The molecule has 0 bridgehead atoms. The standard InChI is InChI=1S/C10H14Br2N2/c1-3-14(7-6-11)10-5-4-9(12)8(2)13-10/h4-5H,3,6-7H2,1-2H3. The minimum absolute atomic E-state index is 0.970. The highest BCUT2D eigenvalue weighted by molar-refractivity contribution is 9.10. The van der Waals surface area contributed by atoms with Gasteiger partial charge in [-0.3, -0.25) is 0 Å². The number of nitrogens with zero attached hydrogens (tertiary/aromatic N) is 2. The van der Waals surface area contributed by atoms with Crippen LogP contribution in [0.5, 0.6) is 0 Å². The van der Waals surface area contributed by atoms with Crippen molar-refractivity contribution in [3.8, 4) is 0 Å². The van der Waals surface area contributed by atoms with E-state index in [4.69, 9.17) is 0 Å². The number of hydrogen-bond donors (Lipinski definition) is 0. The molecule has 0 aliphatic heterocycles. The molecule has 0 aromatic carbocycles. The van der Waals surface area contributed by atoms with Crippen molar-refractivity contribution in [1.29, 1.82) is 0 Å². The Morgan fingerprint density at radius 2 is 2.14 bits per heavy atom. The lowest BCUT2D eigenvalue weighted by molar-refractivity contribution is 0.849. The van der Waals surface area contributed by atoms with Crippen LogP contribution in [-0.4, -0.2) is 23.4 Å². The fraction of sp³-hybridized carbons (Fsp3) is 0.500. The average Bonchev–Trinajstić information content (AvgIpc) is 2.19. The second kappa shape index (κ2) is 5.71. The van der Waals surface area contributed by atoms with Crippen molar-refractivity contribution in [3.63, 3.8) is 0 Å². The molecule has 0 aliphatic rings. The number of hydrogen-bond acceptors (Lipinski definition) is 2. The van der Waals surface area contributed by atoms with Crippen molar-refractivity contribution < 1.29 is 0 Å². The van der Waals surface area contributed by atoms with Crippen LogP contribution in [0.2, 0.25) is 0 Å². The summed E-state index contributed by atoms with van der Waals surface area (Å²) in [6.45, 7) is 6.13. The summed E-state index contributed by atoms with van der Waals surface area (Å²) in [5.41, 5.74) is 1.04. The molecule has 0 atom stereocenters. The third-order valence-electron chi connectivity index (χ3n) is 2.07. The molecule has 0 spiro atoms. The molecule has 0 radical (unpaired) electrons. The van der Waals surface area contributed by atoms with Gasteiger partial charge in [-0.05, 0) is 41.9 Å². The Kier molecular flexibility index (Phi) is 4.89. The molecule has 78 valence electrons. The largest absolute Gasteiger partial charge is 0.356 e. The lowest BCUT2D eigenvalue weighted by Gasteiger charge is -2.21. The molecule has 14 heavy (non-hydrogen) atoms. The van der Waals surface area contributed by atoms with Crippen LogP contribution in [0.4, 0.5) is 5.82 Å². The van der Waals surface area contributed by atoms with Crippen molar-refractivity contribution >= 4 is 37.7 Å². The Hall–Kier alpha value is -0.0900. The predicted molar refractivity (Wildman–Crippen MR) is 68.4 cm³/mol. The third kappa shape index (κ3) is 2.95. The first-order valence-corrected chi connectivity index (χ1v) is 6.54. The molecule has 0 saturated heterocycles. The Balaban J connectivity index is 2.88. The van der Waals surface area contributed by atoms with Gasteiger partial charge in [-0.15, -0.1) is 0 Å². The van der Waals surface area contributed by atoms with Crippen molar-refractivity contribution in [2.24, 2.45) is 0 Å². The zero-order valence-electron chi connectivity index (χ0n) is 8.43. The molecule has 0 unspecified atom stereocenters. The highest BCUT2D eigenvalue weighted by Crippen LogP contribution is 2.18. The summed E-state index contributed by atoms with van der Waals surface area (Å²) in [6.07, 6.45) is 0. The van der Waals surface area contributed by atoms with E-state index in [2.05, 4.69) is 54.7 Å². The molecule has 0 fully saturated rings. The number of halogens is 2. The molecule has 0 saturated carbocycles. The van der Waals surface area contributed by atoms with Crippen LogP contribution in [-0.2, 0) is 0 Å². The molecule has 1 heterocycles. The third-order valence-corrected chi connectivity index (χ3v) is 3.26. The average molecular weight is 322 g/mol. The zero-order valence-corrected chi connectivity index (χ0v) is 11.6. The van der Waals surface area contributed by atoms with Crippen LogP contribution in [0.15, 0.2) is 16.6 Å². The maximum atomic E-state index is 4.52. The van der Waals surface area contributed by atoms with E-state index < -0.39 is 0 Å². The highest BCUT2D eigenvalue weighted by atomic mass is 79.9. The molecule has 1 rings (SSSR count). The number of pyridine rings is 1. The monoisotopic (exact) mass is 320 g/mol. The Morgan fingerprint density at radius 1 is 1.43 bits per heavy atom. The number of anilines is 1. The van der Waals surface area contributed by atoms with Crippen LogP contribution < -0.4 is 4.90 Å². The van der Waals surface area contributed by atoms with Gasteiger partial charge in [-0.25, -0.2) is 4.98 Å². The topological polar surface area (TPSA) is 16.1 Å². The summed E-state index contributed by atoms with van der Waals surface area (Å²) < 4.78 is 1.07. The summed E-state index contributed by atoms with van der Waals surface area (Å²) in [4.78, 5) is 6.76. The Labute approximate surface area is 102 Å². The van der Waals surface area contributed by atoms with Gasteiger partial charge >= 0.3 is 0 Å². The molecule has 1 aromatic heterocycles. The number of aryl methyl sites for hydroxylation is 1. The lowest BCUT2D eigenvalue weighted by Crippen LogP contribution is -2.25. The maximum absolute atomic E-state index is 4.52. The van der Waals surface area contributed by atoms with Gasteiger partial charge in [-0.2, -0.15) is 0 Å². The van der Waals surface area contributed by atoms with Crippen LogP contribution in [0.1, 0.15) is 12.6 Å². The van der Waals surface area contributed by atoms with Gasteiger partial charge in [0.05, 0.1) is 5.69 Å². The smallest absolute Gasteiger partial charge is 0.128 e. The maximum Gasteiger partial charge on any atom is 0.128 e. The van der Waals surface area contributed by atoms with Gasteiger partial charge in [0, 0.05) is 22.9 Å². The number of alkyl halides is 1. The first-order chi connectivity index (χ1) is 6.69. The molecule has 0 amide bonds. The Bertz CT molecular complexity index is 302. The Morgan fingerprint density at radius 3 is 2.64 bits per heavy atom. The van der Waals surface area contributed by atoms with Crippen molar-refractivity contribution in [1.82, 2.24) is 4.98 Å². The van der Waals surface area contributed by atoms with Crippen LogP contribution >= 0.6 is 31.9 Å². The van der Waals surface area contributed by atoms with Crippen molar-refractivity contribution in [2.45, 2.75) is 13.8 Å². The summed E-state index contributed by atoms with van der Waals surface area (Å²) in [5.74, 6) is 1.05. The minimum Gasteiger partial charge on any atom is -0.356 e. The van der Waals surface area contributed by atoms with Crippen LogP contribution in [0, 0.1) is 6.92 Å². The predicted octanol–water partition coefficient (Wildman–Crippen LogP) is 3.37. The summed E-state index contributed by atoms with van der Waals surface area (Å²) in [5, 5.41) is 0.970. The molecular formula is C10H14Br2N2. The van der Waals surface area contributed by atoms with E-state index in [1.54, 1.807) is 0 Å². The summed E-state index contributed by atoms with van der Waals surface area (Å²) >= 11 is 6.89. The highest BCUT2D eigenvalue weighted by Gasteiger charge is 2.05. The fourth-order valence-corrected chi connectivity index (χ4v) is 1.89. The van der Waals surface area contributed by atoms with E-state index in [1.165, 1.54) is 0 Å². The zero-order chi connectivity index (χ0) is 10.6. The van der Waals surface area contributed by atoms with Gasteiger partial charge in [-0.1, -0.05) is 15.9 Å². The van der Waals surface area contributed by atoms with E-state index in [9.17, 15) is 0 Å². The molecule has 2 nitrogen and oxygen atoms in total. The lowest BCUT2D eigenvalue weighted by atomic mass is 10.3.